The summed E-state index contributed by atoms with van der Waals surface area (Å²) in [7, 11) is 1.70. The Morgan fingerprint density at radius 3 is 1.66 bits per heavy atom. The maximum atomic E-state index is 10.9. The molecule has 0 spiro atoms. The van der Waals surface area contributed by atoms with E-state index < -0.39 is 5.41 Å². The zero-order valence-corrected chi connectivity index (χ0v) is 18.4. The SMILES string of the molecule is COc1ccc(C2(c3ccc(OC=O)c(C)c3)c3ccccc3-c3ccccc32)cc1C. The summed E-state index contributed by atoms with van der Waals surface area (Å²) >= 11 is 0. The lowest BCUT2D eigenvalue weighted by Crippen LogP contribution is -2.29. The number of hydrogen-bond donors (Lipinski definition) is 0. The molecule has 0 saturated heterocycles. The molecule has 32 heavy (non-hydrogen) atoms. The molecular formula is C29H24O3. The van der Waals surface area contributed by atoms with Crippen molar-refractivity contribution in [1.82, 2.24) is 0 Å². The molecular weight excluding hydrogens is 396 g/mol. The van der Waals surface area contributed by atoms with Crippen molar-refractivity contribution in [1.29, 1.82) is 0 Å². The molecule has 0 atom stereocenters. The third-order valence-corrected chi connectivity index (χ3v) is 6.56. The van der Waals surface area contributed by atoms with Crippen LogP contribution >= 0.6 is 0 Å². The lowest BCUT2D eigenvalue weighted by atomic mass is 9.67. The number of benzene rings is 4. The molecule has 0 heterocycles. The number of hydrogen-bond acceptors (Lipinski definition) is 3. The van der Waals surface area contributed by atoms with Gasteiger partial charge in [-0.2, -0.15) is 0 Å². The summed E-state index contributed by atoms with van der Waals surface area (Å²) < 4.78 is 10.7. The van der Waals surface area contributed by atoms with E-state index in [1.807, 2.05) is 19.1 Å². The highest BCUT2D eigenvalue weighted by molar-refractivity contribution is 5.86. The molecule has 0 aliphatic heterocycles. The molecule has 0 unspecified atom stereocenters. The first-order valence-electron chi connectivity index (χ1n) is 10.7. The molecule has 4 aromatic rings. The summed E-state index contributed by atoms with van der Waals surface area (Å²) in [4.78, 5) is 10.9. The highest BCUT2D eigenvalue weighted by Crippen LogP contribution is 2.56. The van der Waals surface area contributed by atoms with Crippen molar-refractivity contribution in [2.75, 3.05) is 7.11 Å². The highest BCUT2D eigenvalue weighted by Gasteiger charge is 2.46. The fourth-order valence-electron chi connectivity index (χ4n) is 5.20. The predicted molar refractivity (Wildman–Crippen MR) is 126 cm³/mol. The van der Waals surface area contributed by atoms with E-state index in [0.717, 1.165) is 22.4 Å². The largest absolute Gasteiger partial charge is 0.496 e. The molecule has 3 heteroatoms. The Kier molecular flexibility index (Phi) is 4.82. The summed E-state index contributed by atoms with van der Waals surface area (Å²) in [6, 6.07) is 29.8. The molecule has 1 aliphatic rings. The Balaban J connectivity index is 1.89. The number of carbonyl (C=O) groups is 1. The second-order valence-corrected chi connectivity index (χ2v) is 8.22. The maximum absolute atomic E-state index is 10.9. The third kappa shape index (κ3) is 2.78. The minimum absolute atomic E-state index is 0.477. The highest BCUT2D eigenvalue weighted by atomic mass is 16.5. The number of carbonyl (C=O) groups excluding carboxylic acids is 1. The standard InChI is InChI=1S/C29H24O3/c1-19-16-21(12-14-27(19)31-3)29(22-13-15-28(32-18-30)20(2)17-22)25-10-6-4-8-23(25)24-9-5-7-11-26(24)29/h4-18H,1-3H3. The van der Waals surface area contributed by atoms with Crippen LogP contribution in [0.5, 0.6) is 11.5 Å². The molecule has 3 nitrogen and oxygen atoms in total. The Morgan fingerprint density at radius 2 is 1.19 bits per heavy atom. The van der Waals surface area contributed by atoms with Gasteiger partial charge in [0, 0.05) is 0 Å². The van der Waals surface area contributed by atoms with Crippen LogP contribution in [0.3, 0.4) is 0 Å². The van der Waals surface area contributed by atoms with Gasteiger partial charge >= 0.3 is 0 Å². The van der Waals surface area contributed by atoms with E-state index in [-0.39, 0.29) is 0 Å². The smallest absolute Gasteiger partial charge is 0.298 e. The molecule has 0 aromatic heterocycles. The number of rotatable bonds is 5. The van der Waals surface area contributed by atoms with Crippen LogP contribution in [0.2, 0.25) is 0 Å². The number of methoxy groups -OCH3 is 1. The van der Waals surface area contributed by atoms with E-state index >= 15 is 0 Å². The van der Waals surface area contributed by atoms with E-state index in [1.165, 1.54) is 27.8 Å². The Bertz CT molecular complexity index is 1290. The fraction of sp³-hybridized carbons (Fsp3) is 0.138. The summed E-state index contributed by atoms with van der Waals surface area (Å²) in [6.07, 6.45) is 0. The van der Waals surface area contributed by atoms with Gasteiger partial charge in [-0.1, -0.05) is 72.8 Å². The van der Waals surface area contributed by atoms with Crippen LogP contribution in [0.1, 0.15) is 33.4 Å². The molecule has 0 radical (unpaired) electrons. The number of ether oxygens (including phenoxy) is 2. The monoisotopic (exact) mass is 420 g/mol. The van der Waals surface area contributed by atoms with Crippen molar-refractivity contribution >= 4 is 6.47 Å². The van der Waals surface area contributed by atoms with Gasteiger partial charge in [0.25, 0.3) is 6.47 Å². The first-order chi connectivity index (χ1) is 15.6. The van der Waals surface area contributed by atoms with Crippen molar-refractivity contribution in [2.24, 2.45) is 0 Å². The quantitative estimate of drug-likeness (QED) is 0.317. The molecule has 5 rings (SSSR count). The van der Waals surface area contributed by atoms with Gasteiger partial charge in [0.15, 0.2) is 0 Å². The van der Waals surface area contributed by atoms with E-state index in [9.17, 15) is 4.79 Å². The van der Waals surface area contributed by atoms with Gasteiger partial charge in [0.1, 0.15) is 11.5 Å². The van der Waals surface area contributed by atoms with Crippen LogP contribution in [0.4, 0.5) is 0 Å². The molecule has 4 aromatic carbocycles. The van der Waals surface area contributed by atoms with Crippen LogP contribution in [-0.2, 0) is 10.2 Å². The zero-order valence-electron chi connectivity index (χ0n) is 18.4. The van der Waals surface area contributed by atoms with Crippen molar-refractivity contribution < 1.29 is 14.3 Å². The Labute approximate surface area is 188 Å². The van der Waals surface area contributed by atoms with Crippen molar-refractivity contribution in [3.05, 3.63) is 118 Å². The van der Waals surface area contributed by atoms with Gasteiger partial charge in [-0.25, -0.2) is 0 Å². The number of aryl methyl sites for hydroxylation is 2. The first-order valence-corrected chi connectivity index (χ1v) is 10.7. The minimum Gasteiger partial charge on any atom is -0.496 e. The van der Waals surface area contributed by atoms with E-state index in [4.69, 9.17) is 9.47 Å². The minimum atomic E-state index is -0.491. The second kappa shape index (κ2) is 7.69. The van der Waals surface area contributed by atoms with E-state index in [0.29, 0.717) is 12.2 Å². The third-order valence-electron chi connectivity index (χ3n) is 6.56. The van der Waals surface area contributed by atoms with Crippen molar-refractivity contribution in [3.63, 3.8) is 0 Å². The van der Waals surface area contributed by atoms with Gasteiger partial charge in [-0.15, -0.1) is 0 Å². The van der Waals surface area contributed by atoms with Gasteiger partial charge in [-0.05, 0) is 70.5 Å². The lowest BCUT2D eigenvalue weighted by molar-refractivity contribution is -0.120. The summed E-state index contributed by atoms with van der Waals surface area (Å²) in [5.41, 5.74) is 8.79. The van der Waals surface area contributed by atoms with Crippen LogP contribution in [0.15, 0.2) is 84.9 Å². The first kappa shape index (κ1) is 20.1. The van der Waals surface area contributed by atoms with E-state index in [1.54, 1.807) is 7.11 Å². The average Bonchev–Trinajstić information content (AvgIpc) is 3.12. The molecule has 0 N–H and O–H groups in total. The second-order valence-electron chi connectivity index (χ2n) is 8.22. The molecule has 0 saturated carbocycles. The van der Waals surface area contributed by atoms with Crippen LogP contribution in [-0.4, -0.2) is 13.6 Å². The number of fused-ring (bicyclic) bond motifs is 3. The van der Waals surface area contributed by atoms with Crippen molar-refractivity contribution in [3.8, 4) is 22.6 Å². The van der Waals surface area contributed by atoms with Gasteiger partial charge < -0.3 is 9.47 Å². The average molecular weight is 421 g/mol. The summed E-state index contributed by atoms with van der Waals surface area (Å²) in [5, 5.41) is 0. The maximum Gasteiger partial charge on any atom is 0.298 e. The van der Waals surface area contributed by atoms with Crippen LogP contribution < -0.4 is 9.47 Å². The Hall–Kier alpha value is -3.85. The van der Waals surface area contributed by atoms with Gasteiger partial charge in [0.05, 0.1) is 12.5 Å². The van der Waals surface area contributed by atoms with E-state index in [2.05, 4.69) is 79.7 Å². The van der Waals surface area contributed by atoms with Crippen molar-refractivity contribution in [2.45, 2.75) is 19.3 Å². The Morgan fingerprint density at radius 1 is 0.688 bits per heavy atom. The van der Waals surface area contributed by atoms with Crippen LogP contribution in [0, 0.1) is 13.8 Å². The molecule has 0 amide bonds. The normalized spacial score (nSPS) is 13.2. The molecule has 1 aliphatic carbocycles. The van der Waals surface area contributed by atoms with Gasteiger partial charge in [0.2, 0.25) is 0 Å². The lowest BCUT2D eigenvalue weighted by Gasteiger charge is -2.34. The van der Waals surface area contributed by atoms with Crippen LogP contribution in [0.25, 0.3) is 11.1 Å². The van der Waals surface area contributed by atoms with Gasteiger partial charge in [-0.3, -0.25) is 4.79 Å². The summed E-state index contributed by atoms with van der Waals surface area (Å²) in [5.74, 6) is 1.44. The summed E-state index contributed by atoms with van der Waals surface area (Å²) in [6.45, 7) is 4.53. The molecule has 158 valence electrons. The molecule has 0 fully saturated rings. The fourth-order valence-corrected chi connectivity index (χ4v) is 5.20. The zero-order chi connectivity index (χ0) is 22.3. The molecule has 0 bridgehead atoms. The topological polar surface area (TPSA) is 35.5 Å². The predicted octanol–water partition coefficient (Wildman–Crippen LogP) is 6.21.